The molecule has 3 N–H and O–H groups in total. The first-order valence-electron chi connectivity index (χ1n) is 14.9. The molecule has 41 heavy (non-hydrogen) atoms. The average molecular weight is 591 g/mol. The van der Waals surface area contributed by atoms with Crippen LogP contribution >= 0.6 is 0 Å². The summed E-state index contributed by atoms with van der Waals surface area (Å²) >= 11 is 0. The molecule has 3 rings (SSSR count). The van der Waals surface area contributed by atoms with Crippen molar-refractivity contribution in [3.63, 3.8) is 0 Å². The maximum atomic E-state index is 12.6. The molecular weight excluding hydrogens is 540 g/mol. The van der Waals surface area contributed by atoms with E-state index in [1.165, 1.54) is 0 Å². The summed E-state index contributed by atoms with van der Waals surface area (Å²) in [6.07, 6.45) is 5.95. The lowest BCUT2D eigenvalue weighted by Gasteiger charge is -2.39. The fourth-order valence-corrected chi connectivity index (χ4v) is 6.37. The standard InChI is InChI=1S/C32H50N2O6S/c1-31(2,3)34-41(36,37)26-17-14-16-25(23-26)15-10-13-22-38-21-12-7-6-11-20-33-24-28(35)30-27-18-8-9-19-29(27)39-32(4,5)40-30/h8-9,14,16-19,23,28,30,33-35H,6-7,10-13,15,20-22,24H2,1-5H3/t28-,30?/m1/s1. The summed E-state index contributed by atoms with van der Waals surface area (Å²) in [5.74, 6) is -0.00874. The predicted molar refractivity (Wildman–Crippen MR) is 163 cm³/mol. The second-order valence-electron chi connectivity index (χ2n) is 12.3. The molecule has 2 aromatic rings. The van der Waals surface area contributed by atoms with E-state index in [2.05, 4.69) is 10.0 Å². The van der Waals surface area contributed by atoms with Gasteiger partial charge in [0.25, 0.3) is 0 Å². The molecular formula is C32H50N2O6S. The molecule has 2 atom stereocenters. The topological polar surface area (TPSA) is 106 Å². The Morgan fingerprint density at radius 3 is 2.44 bits per heavy atom. The first kappa shape index (κ1) is 33.5. The number of benzene rings is 2. The highest BCUT2D eigenvalue weighted by Gasteiger charge is 2.37. The highest BCUT2D eigenvalue weighted by atomic mass is 32.2. The number of hydrogen-bond donors (Lipinski definition) is 3. The lowest BCUT2D eigenvalue weighted by Crippen LogP contribution is -2.43. The van der Waals surface area contributed by atoms with Crippen molar-refractivity contribution >= 4 is 10.0 Å². The van der Waals surface area contributed by atoms with Crippen LogP contribution in [0.4, 0.5) is 0 Å². The van der Waals surface area contributed by atoms with Crippen LogP contribution in [-0.4, -0.2) is 57.3 Å². The molecule has 0 aromatic heterocycles. The number of unbranched alkanes of at least 4 members (excludes halogenated alkanes) is 4. The van der Waals surface area contributed by atoms with Crippen LogP contribution < -0.4 is 14.8 Å². The Morgan fingerprint density at radius 1 is 0.976 bits per heavy atom. The number of aliphatic hydroxyl groups is 1. The molecule has 0 aliphatic carbocycles. The summed E-state index contributed by atoms with van der Waals surface area (Å²) < 4.78 is 45.5. The number of aliphatic hydroxyl groups excluding tert-OH is 1. The Morgan fingerprint density at radius 2 is 1.68 bits per heavy atom. The maximum Gasteiger partial charge on any atom is 0.241 e. The Labute approximate surface area is 247 Å². The van der Waals surface area contributed by atoms with Crippen LogP contribution in [0.3, 0.4) is 0 Å². The van der Waals surface area contributed by atoms with Crippen LogP contribution in [0.2, 0.25) is 0 Å². The van der Waals surface area contributed by atoms with E-state index in [9.17, 15) is 13.5 Å². The van der Waals surface area contributed by atoms with Crippen molar-refractivity contribution in [2.45, 2.75) is 108 Å². The van der Waals surface area contributed by atoms with Gasteiger partial charge in [-0.15, -0.1) is 0 Å². The van der Waals surface area contributed by atoms with Crippen LogP contribution in [0.15, 0.2) is 53.4 Å². The van der Waals surface area contributed by atoms with Gasteiger partial charge in [0, 0.05) is 44.7 Å². The predicted octanol–water partition coefficient (Wildman–Crippen LogP) is 5.50. The van der Waals surface area contributed by atoms with Gasteiger partial charge < -0.3 is 24.6 Å². The van der Waals surface area contributed by atoms with Crippen molar-refractivity contribution in [1.29, 1.82) is 0 Å². The summed E-state index contributed by atoms with van der Waals surface area (Å²) in [5.41, 5.74) is 1.39. The van der Waals surface area contributed by atoms with Crippen LogP contribution in [0.25, 0.3) is 0 Å². The first-order valence-corrected chi connectivity index (χ1v) is 16.4. The third-order valence-corrected chi connectivity index (χ3v) is 8.50. The Bertz CT molecular complexity index is 1180. The summed E-state index contributed by atoms with van der Waals surface area (Å²) in [6, 6.07) is 14.9. The molecule has 1 heterocycles. The number of fused-ring (bicyclic) bond motifs is 1. The van der Waals surface area contributed by atoms with Crippen molar-refractivity contribution < 1.29 is 27.7 Å². The minimum atomic E-state index is -3.52. The summed E-state index contributed by atoms with van der Waals surface area (Å²) in [4.78, 5) is 0.315. The van der Waals surface area contributed by atoms with E-state index in [4.69, 9.17) is 14.2 Å². The molecule has 1 unspecified atom stereocenters. The third-order valence-electron chi connectivity index (χ3n) is 6.74. The zero-order valence-corrected chi connectivity index (χ0v) is 26.3. The summed E-state index contributed by atoms with van der Waals surface area (Å²) in [7, 11) is -3.52. The minimum Gasteiger partial charge on any atom is -0.463 e. The van der Waals surface area contributed by atoms with Gasteiger partial charge in [0.2, 0.25) is 15.8 Å². The van der Waals surface area contributed by atoms with Gasteiger partial charge in [-0.2, -0.15) is 0 Å². The van der Waals surface area contributed by atoms with Gasteiger partial charge >= 0.3 is 0 Å². The van der Waals surface area contributed by atoms with Gasteiger partial charge in [0.15, 0.2) is 0 Å². The van der Waals surface area contributed by atoms with E-state index in [0.29, 0.717) is 11.4 Å². The molecule has 0 amide bonds. The number of para-hydroxylation sites is 1. The fourth-order valence-electron chi connectivity index (χ4n) is 4.88. The van der Waals surface area contributed by atoms with Crippen molar-refractivity contribution in [2.24, 2.45) is 0 Å². The molecule has 0 saturated carbocycles. The molecule has 1 aliphatic rings. The summed E-state index contributed by atoms with van der Waals surface area (Å²) in [6.45, 7) is 12.0. The van der Waals surface area contributed by atoms with Crippen LogP contribution in [-0.2, 0) is 25.9 Å². The lowest BCUT2D eigenvalue weighted by molar-refractivity contribution is -0.228. The molecule has 2 aromatic carbocycles. The number of ether oxygens (including phenoxy) is 3. The molecule has 0 fully saturated rings. The average Bonchev–Trinajstić information content (AvgIpc) is 2.89. The summed E-state index contributed by atoms with van der Waals surface area (Å²) in [5, 5.41) is 14.1. The smallest absolute Gasteiger partial charge is 0.241 e. The Hall–Kier alpha value is -2.01. The molecule has 230 valence electrons. The number of sulfonamides is 1. The normalized spacial score (nSPS) is 17.6. The van der Waals surface area contributed by atoms with Crippen molar-refractivity contribution in [3.05, 3.63) is 59.7 Å². The first-order chi connectivity index (χ1) is 19.4. The van der Waals surface area contributed by atoms with Crippen LogP contribution in [0.5, 0.6) is 5.75 Å². The van der Waals surface area contributed by atoms with E-state index in [1.54, 1.807) is 18.2 Å². The molecule has 9 heteroatoms. The van der Waals surface area contributed by atoms with Gasteiger partial charge in [-0.3, -0.25) is 0 Å². The molecule has 0 radical (unpaired) electrons. The zero-order valence-electron chi connectivity index (χ0n) is 25.4. The quantitative estimate of drug-likeness (QED) is 0.209. The lowest BCUT2D eigenvalue weighted by atomic mass is 10.0. The number of nitrogens with one attached hydrogen (secondary N) is 2. The van der Waals surface area contributed by atoms with Crippen molar-refractivity contribution in [1.82, 2.24) is 10.0 Å². The number of aryl methyl sites for hydroxylation is 1. The number of hydrogen-bond acceptors (Lipinski definition) is 7. The fraction of sp³-hybridized carbons (Fsp3) is 0.625. The van der Waals surface area contributed by atoms with Crippen LogP contribution in [0, 0.1) is 0 Å². The minimum absolute atomic E-state index is 0.315. The van der Waals surface area contributed by atoms with E-state index < -0.39 is 33.6 Å². The zero-order chi connectivity index (χ0) is 29.9. The third kappa shape index (κ3) is 11.7. The second kappa shape index (κ2) is 15.5. The molecule has 0 bridgehead atoms. The highest BCUT2D eigenvalue weighted by Crippen LogP contribution is 2.39. The Kier molecular flexibility index (Phi) is 12.6. The van der Waals surface area contributed by atoms with E-state index in [-0.39, 0.29) is 0 Å². The molecule has 1 aliphatic heterocycles. The SMILES string of the molecule is CC(C)(C)NS(=O)(=O)c1cccc(CCCCOCCCCCCNC[C@@H](O)C2OC(C)(C)Oc3ccccc32)c1. The Balaban J connectivity index is 1.20. The second-order valence-corrected chi connectivity index (χ2v) is 14.0. The molecule has 0 spiro atoms. The van der Waals surface area contributed by atoms with Crippen molar-refractivity contribution in [2.75, 3.05) is 26.3 Å². The van der Waals surface area contributed by atoms with Gasteiger partial charge in [0.05, 0.1) is 11.0 Å². The van der Waals surface area contributed by atoms with Gasteiger partial charge in [0.1, 0.15) is 11.9 Å². The maximum absolute atomic E-state index is 12.6. The largest absolute Gasteiger partial charge is 0.463 e. The highest BCUT2D eigenvalue weighted by molar-refractivity contribution is 7.89. The molecule has 8 nitrogen and oxygen atoms in total. The monoisotopic (exact) mass is 590 g/mol. The van der Waals surface area contributed by atoms with Gasteiger partial charge in [-0.25, -0.2) is 13.1 Å². The van der Waals surface area contributed by atoms with Crippen LogP contribution in [0.1, 0.15) is 90.4 Å². The number of rotatable bonds is 17. The van der Waals surface area contributed by atoms with E-state index in [0.717, 1.165) is 81.6 Å². The van der Waals surface area contributed by atoms with Gasteiger partial charge in [-0.05, 0) is 83.2 Å². The molecule has 0 saturated heterocycles. The van der Waals surface area contributed by atoms with E-state index in [1.807, 2.05) is 65.0 Å². The van der Waals surface area contributed by atoms with Gasteiger partial charge in [-0.1, -0.05) is 43.2 Å². The van der Waals surface area contributed by atoms with E-state index >= 15 is 0 Å². The van der Waals surface area contributed by atoms with Crippen molar-refractivity contribution in [3.8, 4) is 5.75 Å².